The van der Waals surface area contributed by atoms with Crippen LogP contribution < -0.4 is 0 Å². The van der Waals surface area contributed by atoms with Crippen LogP contribution >= 0.6 is 15.2 Å². The maximum atomic E-state index is 11.0. The largest absolute Gasteiger partial charge is 0.369 e. The Morgan fingerprint density at radius 1 is 1.06 bits per heavy atom. The topological polar surface area (TPSA) is 148 Å². The fourth-order valence-corrected chi connectivity index (χ4v) is 3.28. The van der Waals surface area contributed by atoms with Crippen LogP contribution in [0.15, 0.2) is 24.5 Å². The second kappa shape index (κ2) is 6.24. The first-order chi connectivity index (χ1) is 7.58. The molecule has 0 aliphatic rings. The van der Waals surface area contributed by atoms with Crippen LogP contribution in [0.5, 0.6) is 0 Å². The van der Waals surface area contributed by atoms with Gasteiger partial charge in [-0.3, -0.25) is 14.1 Å². The molecule has 1 aromatic heterocycles. The summed E-state index contributed by atoms with van der Waals surface area (Å²) in [6.45, 7) is 0. The molecule has 0 amide bonds. The number of aromatic nitrogens is 1. The molecule has 0 atom stereocenters. The Balaban J connectivity index is 0.00000289. The van der Waals surface area contributed by atoms with E-state index in [2.05, 4.69) is 4.98 Å². The van der Waals surface area contributed by atoms with Crippen LogP contribution in [0.3, 0.4) is 0 Å². The van der Waals surface area contributed by atoms with Crippen molar-refractivity contribution in [3.8, 4) is 0 Å². The van der Waals surface area contributed by atoms with Gasteiger partial charge >= 0.3 is 15.2 Å². The van der Waals surface area contributed by atoms with E-state index in [4.69, 9.17) is 19.6 Å². The van der Waals surface area contributed by atoms with Gasteiger partial charge in [0.2, 0.25) is 0 Å². The molecule has 1 aromatic rings. The molecule has 11 heteroatoms. The van der Waals surface area contributed by atoms with Crippen LogP contribution in [0, 0.1) is 0 Å². The smallest absolute Gasteiger partial charge is 0.367 e. The molecule has 0 saturated carbocycles. The number of hydrogen-bond acceptors (Lipinski definition) is 4. The van der Waals surface area contributed by atoms with Crippen molar-refractivity contribution in [3.05, 3.63) is 30.1 Å². The maximum Gasteiger partial charge on any atom is 0.369 e. The van der Waals surface area contributed by atoms with Gasteiger partial charge in [-0.25, -0.2) is 0 Å². The zero-order valence-electron chi connectivity index (χ0n) is 9.41. The Hall–Kier alpha value is 0.410. The summed E-state index contributed by atoms with van der Waals surface area (Å²) in [6.07, 6.45) is 1.67. The van der Waals surface area contributed by atoms with Gasteiger partial charge in [-0.1, -0.05) is 0 Å². The van der Waals surface area contributed by atoms with Crippen LogP contribution in [0.2, 0.25) is 0 Å². The van der Waals surface area contributed by atoms with Crippen LogP contribution in [0.25, 0.3) is 0 Å². The molecule has 0 aromatic carbocycles. The van der Waals surface area contributed by atoms with Gasteiger partial charge in [0, 0.05) is 48.4 Å². The van der Waals surface area contributed by atoms with E-state index in [-0.39, 0.29) is 35.1 Å². The van der Waals surface area contributed by atoms with Crippen molar-refractivity contribution >= 4 is 44.7 Å². The molecule has 8 nitrogen and oxygen atoms in total. The zero-order valence-corrected chi connectivity index (χ0v) is 13.2. The molecule has 1 rings (SSSR count). The van der Waals surface area contributed by atoms with Gasteiger partial charge in [0.05, 0.1) is 0 Å². The second-order valence-electron chi connectivity index (χ2n) is 3.39. The minimum atomic E-state index is -5.40. The number of nitrogens with zero attached hydrogens (tertiary/aromatic N) is 1. The molecule has 0 aliphatic carbocycles. The summed E-state index contributed by atoms with van der Waals surface area (Å²) < 4.78 is 22.1. The van der Waals surface area contributed by atoms with Crippen molar-refractivity contribution in [3.63, 3.8) is 0 Å². The molecular weight excluding hydrogens is 295 g/mol. The predicted molar refractivity (Wildman–Crippen MR) is 62.7 cm³/mol. The van der Waals surface area contributed by atoms with Crippen LogP contribution in [-0.2, 0) is 15.6 Å². The minimum Gasteiger partial charge on any atom is -0.367 e. The summed E-state index contributed by atoms with van der Waals surface area (Å²) in [4.78, 5) is 39.2. The SMILES string of the molecule is O=P(O)(O)C(O)(Cc1ccncc1)P(=O)(O)O.[Na]. The van der Waals surface area contributed by atoms with E-state index in [9.17, 15) is 14.2 Å². The van der Waals surface area contributed by atoms with Crippen LogP contribution in [0.4, 0.5) is 0 Å². The Kier molecular flexibility index (Phi) is 6.38. The van der Waals surface area contributed by atoms with Crippen molar-refractivity contribution in [1.82, 2.24) is 4.98 Å². The summed E-state index contributed by atoms with van der Waals surface area (Å²) in [5.74, 6) is 0. The van der Waals surface area contributed by atoms with E-state index in [1.807, 2.05) is 0 Å². The molecule has 0 bridgehead atoms. The molecule has 97 valence electrons. The van der Waals surface area contributed by atoms with Gasteiger partial charge < -0.3 is 24.7 Å². The van der Waals surface area contributed by atoms with Gasteiger partial charge in [-0.15, -0.1) is 0 Å². The average molecular weight is 306 g/mol. The monoisotopic (exact) mass is 306 g/mol. The number of aliphatic hydroxyl groups is 1. The fraction of sp³-hybridized carbons (Fsp3) is 0.286. The van der Waals surface area contributed by atoms with Crippen LogP contribution in [-0.4, -0.2) is 64.3 Å². The Morgan fingerprint density at radius 2 is 1.44 bits per heavy atom. The van der Waals surface area contributed by atoms with Crippen molar-refractivity contribution in [2.45, 2.75) is 11.5 Å². The molecule has 0 unspecified atom stereocenters. The van der Waals surface area contributed by atoms with Crippen molar-refractivity contribution in [2.24, 2.45) is 0 Å². The van der Waals surface area contributed by atoms with Crippen molar-refractivity contribution < 1.29 is 33.8 Å². The maximum absolute atomic E-state index is 11.0. The molecule has 0 saturated heterocycles. The summed E-state index contributed by atoms with van der Waals surface area (Å²) in [7, 11) is -10.8. The third-order valence-electron chi connectivity index (χ3n) is 2.12. The third kappa shape index (κ3) is 3.95. The van der Waals surface area contributed by atoms with E-state index in [1.54, 1.807) is 0 Å². The van der Waals surface area contributed by atoms with Gasteiger partial charge in [0.1, 0.15) is 0 Å². The molecule has 0 fully saturated rings. The standard InChI is InChI=1S/C7H11NO7P2.Na/c9-7(16(10,11)12,17(13,14)15)5-6-1-3-8-4-2-6;/h1-4,9H,5H2,(H2,10,11,12)(H2,13,14,15);. The minimum absolute atomic E-state index is 0. The molecule has 1 radical (unpaired) electrons. The summed E-state index contributed by atoms with van der Waals surface area (Å²) in [5.41, 5.74) is 0.147. The average Bonchev–Trinajstić information content (AvgIpc) is 2.15. The Bertz CT molecular complexity index is 462. The number of pyridine rings is 1. The summed E-state index contributed by atoms with van der Waals surface area (Å²) >= 11 is 0. The molecule has 1 heterocycles. The first-order valence-corrected chi connectivity index (χ1v) is 7.53. The van der Waals surface area contributed by atoms with E-state index >= 15 is 0 Å². The van der Waals surface area contributed by atoms with E-state index in [0.29, 0.717) is 0 Å². The number of hydrogen-bond donors (Lipinski definition) is 5. The summed E-state index contributed by atoms with van der Waals surface area (Å²) in [6, 6.07) is 2.58. The number of rotatable bonds is 4. The Morgan fingerprint density at radius 3 is 1.78 bits per heavy atom. The molecule has 5 N–H and O–H groups in total. The van der Waals surface area contributed by atoms with Crippen molar-refractivity contribution in [1.29, 1.82) is 0 Å². The third-order valence-corrected chi connectivity index (χ3v) is 5.87. The molecule has 0 spiro atoms. The Labute approximate surface area is 125 Å². The van der Waals surface area contributed by atoms with Gasteiger partial charge in [0.25, 0.3) is 5.08 Å². The summed E-state index contributed by atoms with van der Waals surface area (Å²) in [5, 5.41) is 6.18. The normalized spacial score (nSPS) is 12.9. The first-order valence-electron chi connectivity index (χ1n) is 4.30. The molecular formula is C7H11NNaO7P2. The van der Waals surface area contributed by atoms with E-state index in [1.165, 1.54) is 24.5 Å². The fourth-order valence-electron chi connectivity index (χ4n) is 1.15. The molecule has 0 aliphatic heterocycles. The quantitative estimate of drug-likeness (QED) is 0.360. The van der Waals surface area contributed by atoms with E-state index < -0.39 is 26.7 Å². The second-order valence-corrected chi connectivity index (χ2v) is 7.40. The van der Waals surface area contributed by atoms with Crippen LogP contribution in [0.1, 0.15) is 5.56 Å². The van der Waals surface area contributed by atoms with Gasteiger partial charge in [-0.05, 0) is 17.7 Å². The van der Waals surface area contributed by atoms with Gasteiger partial charge in [-0.2, -0.15) is 0 Å². The predicted octanol–water partition coefficient (Wildman–Crippen LogP) is -0.755. The zero-order chi connectivity index (χ0) is 13.3. The van der Waals surface area contributed by atoms with Gasteiger partial charge in [0.15, 0.2) is 0 Å². The first kappa shape index (κ1) is 18.4. The molecule has 18 heavy (non-hydrogen) atoms. The van der Waals surface area contributed by atoms with E-state index in [0.717, 1.165) is 0 Å². The van der Waals surface area contributed by atoms with Crippen molar-refractivity contribution in [2.75, 3.05) is 0 Å².